The molecule has 0 atom stereocenters. The van der Waals surface area contributed by atoms with E-state index in [4.69, 9.17) is 4.74 Å². The topological polar surface area (TPSA) is 140 Å². The summed E-state index contributed by atoms with van der Waals surface area (Å²) in [6.45, 7) is 10.5. The number of aromatic nitrogens is 2. The molecule has 0 saturated carbocycles. The first-order valence-electron chi connectivity index (χ1n) is 11.8. The molecule has 0 aliphatic carbocycles. The Hall–Kier alpha value is -3.77. The van der Waals surface area contributed by atoms with Crippen molar-refractivity contribution in [2.45, 2.75) is 58.9 Å². The van der Waals surface area contributed by atoms with Crippen LogP contribution < -0.4 is 14.8 Å². The largest absolute Gasteiger partial charge is 0.476 e. The number of ether oxygens (including phenoxy) is 1. The second-order valence-electron chi connectivity index (χ2n) is 10.3. The minimum Gasteiger partial charge on any atom is -0.476 e. The lowest BCUT2D eigenvalue weighted by Gasteiger charge is -2.19. The predicted molar refractivity (Wildman–Crippen MR) is 140 cm³/mol. The van der Waals surface area contributed by atoms with Gasteiger partial charge in [-0.2, -0.15) is 9.78 Å². The monoisotopic (exact) mass is 546 g/mol. The summed E-state index contributed by atoms with van der Waals surface area (Å²) >= 11 is 0. The molecule has 10 nitrogen and oxygen atoms in total. The minimum absolute atomic E-state index is 0.0699. The number of nitrogens with zero attached hydrogens (tertiary/aromatic N) is 2. The summed E-state index contributed by atoms with van der Waals surface area (Å²) in [6.07, 6.45) is 0.214. The molecule has 1 aromatic heterocycles. The Bertz CT molecular complexity index is 1460. The first kappa shape index (κ1) is 28.8. The number of benzene rings is 2. The second kappa shape index (κ2) is 10.9. The highest BCUT2D eigenvalue weighted by Crippen LogP contribution is 2.35. The molecule has 0 fully saturated rings. The zero-order chi connectivity index (χ0) is 28.4. The van der Waals surface area contributed by atoms with E-state index in [9.17, 15) is 27.5 Å². The van der Waals surface area contributed by atoms with Crippen LogP contribution in [0, 0.1) is 18.2 Å². The van der Waals surface area contributed by atoms with Crippen LogP contribution in [0.5, 0.6) is 11.6 Å². The van der Waals surface area contributed by atoms with E-state index >= 15 is 0 Å². The van der Waals surface area contributed by atoms with Crippen molar-refractivity contribution in [1.29, 1.82) is 0 Å². The lowest BCUT2D eigenvalue weighted by atomic mass is 9.92. The van der Waals surface area contributed by atoms with Crippen molar-refractivity contribution < 1.29 is 32.2 Å². The average molecular weight is 547 g/mol. The highest BCUT2D eigenvalue weighted by molar-refractivity contribution is 7.89. The third-order valence-electron chi connectivity index (χ3n) is 5.15. The van der Waals surface area contributed by atoms with Crippen LogP contribution in [0.3, 0.4) is 0 Å². The predicted octanol–water partition coefficient (Wildman–Crippen LogP) is 4.87. The number of sulfonamides is 1. The zero-order valence-corrected chi connectivity index (χ0v) is 22.8. The third-order valence-corrected chi connectivity index (χ3v) is 6.83. The maximum Gasteiger partial charge on any atom is 0.356 e. The van der Waals surface area contributed by atoms with Gasteiger partial charge in [0.1, 0.15) is 16.5 Å². The molecule has 3 aromatic rings. The van der Waals surface area contributed by atoms with Crippen LogP contribution in [0.2, 0.25) is 0 Å². The van der Waals surface area contributed by atoms with Crippen LogP contribution in [-0.4, -0.2) is 41.2 Å². The summed E-state index contributed by atoms with van der Waals surface area (Å²) in [5.74, 6) is -2.31. The first-order valence-corrected chi connectivity index (χ1v) is 13.3. The van der Waals surface area contributed by atoms with E-state index in [-0.39, 0.29) is 51.2 Å². The van der Waals surface area contributed by atoms with Crippen molar-refractivity contribution in [2.24, 2.45) is 5.41 Å². The number of nitrogens with one attached hydrogen (secondary N) is 2. The van der Waals surface area contributed by atoms with Crippen molar-refractivity contribution in [2.75, 3.05) is 5.32 Å². The van der Waals surface area contributed by atoms with E-state index in [1.165, 1.54) is 49.4 Å². The quantitative estimate of drug-likeness (QED) is 0.348. The molecular formula is C26H31FN4O6S. The molecule has 0 spiro atoms. The lowest BCUT2D eigenvalue weighted by Crippen LogP contribution is -2.30. The van der Waals surface area contributed by atoms with Crippen molar-refractivity contribution in [3.05, 3.63) is 59.5 Å². The van der Waals surface area contributed by atoms with Crippen LogP contribution in [-0.2, 0) is 14.8 Å². The molecule has 1 heterocycles. The minimum atomic E-state index is -4.13. The van der Waals surface area contributed by atoms with Crippen molar-refractivity contribution in [3.63, 3.8) is 0 Å². The Morgan fingerprint density at radius 2 is 1.76 bits per heavy atom. The summed E-state index contributed by atoms with van der Waals surface area (Å²) in [5.41, 5.74) is 0.0717. The zero-order valence-electron chi connectivity index (χ0n) is 22.0. The Morgan fingerprint density at radius 1 is 1.13 bits per heavy atom. The van der Waals surface area contributed by atoms with E-state index in [1.54, 1.807) is 13.8 Å². The van der Waals surface area contributed by atoms with Gasteiger partial charge >= 0.3 is 5.97 Å². The fourth-order valence-electron chi connectivity index (χ4n) is 3.61. The number of hydrogen-bond donors (Lipinski definition) is 3. The number of carboxylic acid groups (broad SMARTS) is 1. The normalized spacial score (nSPS) is 12.0. The summed E-state index contributed by atoms with van der Waals surface area (Å²) in [7, 11) is -4.13. The Kier molecular flexibility index (Phi) is 8.27. The molecule has 1 amide bonds. The standard InChI is InChI=1S/C26H31FN4O6S/c1-15(2)30-38(35,36)21-13-18(28-22(32)14-26(4,5)6)9-12-20(21)37-24-16(3)23(25(33)34)29-31(24)19-10-7-17(27)8-11-19/h7-13,15,30H,14H2,1-6H3,(H,28,32)(H,33,34). The molecule has 3 N–H and O–H groups in total. The molecular weight excluding hydrogens is 515 g/mol. The van der Waals surface area contributed by atoms with Crippen LogP contribution in [0.1, 0.15) is 57.1 Å². The van der Waals surface area contributed by atoms with Gasteiger partial charge in [0, 0.05) is 23.7 Å². The molecule has 204 valence electrons. The molecule has 2 aromatic carbocycles. The van der Waals surface area contributed by atoms with Gasteiger partial charge in [-0.25, -0.2) is 22.3 Å². The van der Waals surface area contributed by atoms with Crippen LogP contribution in [0.4, 0.5) is 10.1 Å². The van der Waals surface area contributed by atoms with Gasteiger partial charge in [-0.05, 0) is 68.7 Å². The van der Waals surface area contributed by atoms with Gasteiger partial charge in [-0.1, -0.05) is 20.8 Å². The van der Waals surface area contributed by atoms with Crippen molar-refractivity contribution in [1.82, 2.24) is 14.5 Å². The average Bonchev–Trinajstić information content (AvgIpc) is 3.09. The SMILES string of the molecule is Cc1c(C(=O)O)nn(-c2ccc(F)cc2)c1Oc1ccc(NC(=O)CC(C)(C)C)cc1S(=O)(=O)NC(C)C. The Balaban J connectivity index is 2.13. The van der Waals surface area contributed by atoms with E-state index in [0.29, 0.717) is 5.69 Å². The maximum absolute atomic E-state index is 13.5. The van der Waals surface area contributed by atoms with Crippen LogP contribution >= 0.6 is 0 Å². The van der Waals surface area contributed by atoms with E-state index in [2.05, 4.69) is 15.1 Å². The number of carbonyl (C=O) groups is 2. The van der Waals surface area contributed by atoms with Crippen LogP contribution in [0.25, 0.3) is 5.69 Å². The summed E-state index contributed by atoms with van der Waals surface area (Å²) in [4.78, 5) is 24.0. The molecule has 38 heavy (non-hydrogen) atoms. The van der Waals surface area contributed by atoms with Crippen LogP contribution in [0.15, 0.2) is 47.4 Å². The number of amides is 1. The van der Waals surface area contributed by atoms with E-state index in [0.717, 1.165) is 4.68 Å². The lowest BCUT2D eigenvalue weighted by molar-refractivity contribution is -0.117. The molecule has 0 aliphatic rings. The Labute approximate surface area is 220 Å². The highest BCUT2D eigenvalue weighted by Gasteiger charge is 2.27. The van der Waals surface area contributed by atoms with Crippen molar-refractivity contribution in [3.8, 4) is 17.3 Å². The van der Waals surface area contributed by atoms with Gasteiger partial charge in [0.15, 0.2) is 5.69 Å². The Morgan fingerprint density at radius 3 is 2.32 bits per heavy atom. The number of rotatable bonds is 9. The first-order chi connectivity index (χ1) is 17.6. The molecule has 12 heteroatoms. The number of anilines is 1. The number of carbonyl (C=O) groups excluding carboxylic acids is 1. The molecule has 0 radical (unpaired) electrons. The van der Waals surface area contributed by atoms with Gasteiger partial charge in [-0.15, -0.1) is 0 Å². The van der Waals surface area contributed by atoms with Gasteiger partial charge in [0.2, 0.25) is 21.8 Å². The smallest absolute Gasteiger partial charge is 0.356 e. The van der Waals surface area contributed by atoms with E-state index < -0.39 is 27.9 Å². The van der Waals surface area contributed by atoms with Crippen molar-refractivity contribution >= 4 is 27.6 Å². The van der Waals surface area contributed by atoms with Gasteiger partial charge < -0.3 is 15.2 Å². The maximum atomic E-state index is 13.5. The molecule has 3 rings (SSSR count). The number of halogens is 1. The number of carboxylic acids is 1. The summed E-state index contributed by atoms with van der Waals surface area (Å²) in [5, 5.41) is 16.4. The number of aromatic carboxylic acids is 1. The summed E-state index contributed by atoms with van der Waals surface area (Å²) < 4.78 is 49.7. The van der Waals surface area contributed by atoms with E-state index in [1.807, 2.05) is 20.8 Å². The molecule has 0 bridgehead atoms. The fourth-order valence-corrected chi connectivity index (χ4v) is 5.01. The second-order valence-corrected chi connectivity index (χ2v) is 12.0. The molecule has 0 saturated heterocycles. The number of hydrogen-bond acceptors (Lipinski definition) is 6. The fraction of sp³-hybridized carbons (Fsp3) is 0.346. The third kappa shape index (κ3) is 6.95. The summed E-state index contributed by atoms with van der Waals surface area (Å²) in [6, 6.07) is 8.78. The molecule has 0 aliphatic heterocycles. The van der Waals surface area contributed by atoms with Gasteiger partial charge in [-0.3, -0.25) is 4.79 Å². The van der Waals surface area contributed by atoms with Gasteiger partial charge in [0.25, 0.3) is 0 Å². The highest BCUT2D eigenvalue weighted by atomic mass is 32.2. The van der Waals surface area contributed by atoms with Gasteiger partial charge in [0.05, 0.1) is 5.69 Å². The molecule has 0 unspecified atom stereocenters.